The lowest BCUT2D eigenvalue weighted by Gasteiger charge is -1.92. The van der Waals surface area contributed by atoms with Gasteiger partial charge in [-0.05, 0) is 6.07 Å². The first-order valence-corrected chi connectivity index (χ1v) is 5.62. The molecule has 0 radical (unpaired) electrons. The summed E-state index contributed by atoms with van der Waals surface area (Å²) in [6.07, 6.45) is 1.64. The molecule has 1 aromatic carbocycles. The Morgan fingerprint density at radius 2 is 2.16 bits per heavy atom. The van der Waals surface area contributed by atoms with Gasteiger partial charge >= 0.3 is 0 Å². The van der Waals surface area contributed by atoms with Gasteiger partial charge in [-0.15, -0.1) is 5.10 Å². The van der Waals surface area contributed by atoms with Crippen molar-refractivity contribution in [2.75, 3.05) is 6.54 Å². The van der Waals surface area contributed by atoms with E-state index in [4.69, 9.17) is 5.73 Å². The molecule has 0 aliphatic heterocycles. The molecule has 6 nitrogen and oxygen atoms in total. The van der Waals surface area contributed by atoms with Gasteiger partial charge in [0, 0.05) is 12.6 Å². The highest BCUT2D eigenvalue weighted by molar-refractivity contribution is 5.79. The zero-order chi connectivity index (χ0) is 13.4. The van der Waals surface area contributed by atoms with Crippen LogP contribution in [0.25, 0.3) is 22.6 Å². The first-order chi connectivity index (χ1) is 9.17. The van der Waals surface area contributed by atoms with E-state index in [0.717, 1.165) is 6.07 Å². The second-order valence-electron chi connectivity index (χ2n) is 4.02. The van der Waals surface area contributed by atoms with Crippen molar-refractivity contribution in [1.29, 1.82) is 0 Å². The van der Waals surface area contributed by atoms with Gasteiger partial charge in [0.25, 0.3) is 0 Å². The Morgan fingerprint density at radius 3 is 2.95 bits per heavy atom. The van der Waals surface area contributed by atoms with Gasteiger partial charge in [-0.1, -0.05) is 5.21 Å². The maximum Gasteiger partial charge on any atom is 0.160 e. The highest BCUT2D eigenvalue weighted by Gasteiger charge is 2.13. The van der Waals surface area contributed by atoms with E-state index in [1.54, 1.807) is 10.9 Å². The van der Waals surface area contributed by atoms with E-state index in [0.29, 0.717) is 24.6 Å². The molecule has 0 saturated heterocycles. The summed E-state index contributed by atoms with van der Waals surface area (Å²) in [6, 6.07) is 1.97. The molecule has 0 atom stereocenters. The molecule has 8 heteroatoms. The highest BCUT2D eigenvalue weighted by atomic mass is 19.1. The maximum absolute atomic E-state index is 13.5. The number of nitrogens with one attached hydrogen (secondary N) is 1. The lowest BCUT2D eigenvalue weighted by molar-refractivity contribution is 0.590. The fourth-order valence-electron chi connectivity index (χ4n) is 1.81. The van der Waals surface area contributed by atoms with Crippen LogP contribution >= 0.6 is 0 Å². The van der Waals surface area contributed by atoms with Crippen LogP contribution in [0.2, 0.25) is 0 Å². The Balaban J connectivity index is 2.07. The average Bonchev–Trinajstić information content (AvgIpc) is 2.95. The van der Waals surface area contributed by atoms with E-state index >= 15 is 0 Å². The average molecular weight is 264 g/mol. The van der Waals surface area contributed by atoms with Crippen molar-refractivity contribution in [3.63, 3.8) is 0 Å². The number of benzene rings is 1. The number of halogens is 2. The number of aromatic amines is 1. The highest BCUT2D eigenvalue weighted by Crippen LogP contribution is 2.21. The molecule has 0 amide bonds. The summed E-state index contributed by atoms with van der Waals surface area (Å²) in [5, 5.41) is 7.75. The Bertz CT molecular complexity index is 732. The van der Waals surface area contributed by atoms with E-state index in [2.05, 4.69) is 20.3 Å². The molecule has 0 aliphatic carbocycles. The van der Waals surface area contributed by atoms with Crippen LogP contribution in [0.3, 0.4) is 0 Å². The zero-order valence-corrected chi connectivity index (χ0v) is 9.77. The van der Waals surface area contributed by atoms with Crippen molar-refractivity contribution < 1.29 is 8.78 Å². The molecular formula is C11H10F2N6. The molecule has 0 spiro atoms. The Hall–Kier alpha value is -2.35. The number of nitrogens with two attached hydrogens (primary N) is 1. The Labute approximate surface area is 106 Å². The number of aromatic nitrogens is 5. The number of hydrogen-bond donors (Lipinski definition) is 2. The zero-order valence-electron chi connectivity index (χ0n) is 9.77. The van der Waals surface area contributed by atoms with Crippen LogP contribution in [0, 0.1) is 11.6 Å². The third kappa shape index (κ3) is 2.06. The molecule has 2 heterocycles. The SMILES string of the molecule is NCCn1cc(-c2nc3c(F)cc(F)cc3[nH]2)nn1. The van der Waals surface area contributed by atoms with Crippen molar-refractivity contribution in [3.8, 4) is 11.5 Å². The number of rotatable bonds is 3. The Kier molecular flexibility index (Phi) is 2.71. The quantitative estimate of drug-likeness (QED) is 0.740. The molecular weight excluding hydrogens is 254 g/mol. The standard InChI is InChI=1S/C11H10F2N6/c12-6-3-7(13)10-8(4-6)15-11(16-10)9-5-19(2-1-14)18-17-9/h3-5H,1-2,14H2,(H,15,16). The second-order valence-corrected chi connectivity index (χ2v) is 4.02. The van der Waals surface area contributed by atoms with Crippen LogP contribution in [-0.2, 0) is 6.54 Å². The van der Waals surface area contributed by atoms with Gasteiger partial charge in [0.1, 0.15) is 17.0 Å². The second kappa shape index (κ2) is 4.39. The molecule has 0 bridgehead atoms. The van der Waals surface area contributed by atoms with Crippen molar-refractivity contribution >= 4 is 11.0 Å². The minimum Gasteiger partial charge on any atom is -0.336 e. The van der Waals surface area contributed by atoms with Gasteiger partial charge in [-0.2, -0.15) is 0 Å². The number of H-pyrrole nitrogens is 1. The molecule has 98 valence electrons. The topological polar surface area (TPSA) is 85.4 Å². The van der Waals surface area contributed by atoms with Crippen LogP contribution < -0.4 is 5.73 Å². The molecule has 19 heavy (non-hydrogen) atoms. The van der Waals surface area contributed by atoms with Crippen LogP contribution in [-0.4, -0.2) is 31.5 Å². The first kappa shape index (κ1) is 11.7. The minimum atomic E-state index is -0.716. The summed E-state index contributed by atoms with van der Waals surface area (Å²) in [5.74, 6) is -1.04. The third-order valence-electron chi connectivity index (χ3n) is 2.64. The van der Waals surface area contributed by atoms with E-state index in [1.165, 1.54) is 6.07 Å². The summed E-state index contributed by atoms with van der Waals surface area (Å²) < 4.78 is 28.2. The number of imidazole rings is 1. The maximum atomic E-state index is 13.5. The third-order valence-corrected chi connectivity index (χ3v) is 2.64. The van der Waals surface area contributed by atoms with E-state index in [-0.39, 0.29) is 11.0 Å². The number of nitrogens with zero attached hydrogens (tertiary/aromatic N) is 4. The smallest absolute Gasteiger partial charge is 0.160 e. The molecule has 0 fully saturated rings. The molecule has 3 N–H and O–H groups in total. The van der Waals surface area contributed by atoms with Gasteiger partial charge in [-0.25, -0.2) is 13.8 Å². The van der Waals surface area contributed by atoms with Crippen molar-refractivity contribution in [3.05, 3.63) is 30.0 Å². The van der Waals surface area contributed by atoms with Crippen LogP contribution in [0.5, 0.6) is 0 Å². The Morgan fingerprint density at radius 1 is 1.32 bits per heavy atom. The predicted octanol–water partition coefficient (Wildman–Crippen LogP) is 1.06. The fourth-order valence-corrected chi connectivity index (χ4v) is 1.81. The normalized spacial score (nSPS) is 11.3. The summed E-state index contributed by atoms with van der Waals surface area (Å²) >= 11 is 0. The van der Waals surface area contributed by atoms with Crippen LogP contribution in [0.4, 0.5) is 8.78 Å². The summed E-state index contributed by atoms with van der Waals surface area (Å²) in [6.45, 7) is 0.957. The summed E-state index contributed by atoms with van der Waals surface area (Å²) in [7, 11) is 0. The van der Waals surface area contributed by atoms with Crippen LogP contribution in [0.15, 0.2) is 18.3 Å². The lowest BCUT2D eigenvalue weighted by atomic mass is 10.3. The molecule has 0 unspecified atom stereocenters. The van der Waals surface area contributed by atoms with Crippen molar-refractivity contribution in [1.82, 2.24) is 25.0 Å². The van der Waals surface area contributed by atoms with E-state index in [1.807, 2.05) is 0 Å². The molecule has 2 aromatic heterocycles. The van der Waals surface area contributed by atoms with Gasteiger partial charge in [-0.3, -0.25) is 4.68 Å². The molecule has 0 aliphatic rings. The van der Waals surface area contributed by atoms with Crippen molar-refractivity contribution in [2.45, 2.75) is 6.54 Å². The van der Waals surface area contributed by atoms with Gasteiger partial charge in [0.15, 0.2) is 11.6 Å². The fraction of sp³-hybridized carbons (Fsp3) is 0.182. The molecule has 3 aromatic rings. The largest absolute Gasteiger partial charge is 0.336 e. The van der Waals surface area contributed by atoms with E-state index in [9.17, 15) is 8.78 Å². The van der Waals surface area contributed by atoms with Gasteiger partial charge < -0.3 is 10.7 Å². The summed E-state index contributed by atoms with van der Waals surface area (Å²) in [4.78, 5) is 6.86. The summed E-state index contributed by atoms with van der Waals surface area (Å²) in [5.41, 5.74) is 6.20. The van der Waals surface area contributed by atoms with Crippen molar-refractivity contribution in [2.24, 2.45) is 5.73 Å². The number of hydrogen-bond acceptors (Lipinski definition) is 4. The molecule has 0 saturated carbocycles. The monoisotopic (exact) mass is 264 g/mol. The predicted molar refractivity (Wildman–Crippen MR) is 64.1 cm³/mol. The lowest BCUT2D eigenvalue weighted by Crippen LogP contribution is -2.10. The first-order valence-electron chi connectivity index (χ1n) is 5.62. The van der Waals surface area contributed by atoms with E-state index < -0.39 is 11.6 Å². The molecule has 3 rings (SSSR count). The number of fused-ring (bicyclic) bond motifs is 1. The van der Waals surface area contributed by atoms with Crippen LogP contribution in [0.1, 0.15) is 0 Å². The minimum absolute atomic E-state index is 0.0739. The van der Waals surface area contributed by atoms with Gasteiger partial charge in [0.05, 0.1) is 18.3 Å². The van der Waals surface area contributed by atoms with Gasteiger partial charge in [0.2, 0.25) is 0 Å².